The van der Waals surface area contributed by atoms with Gasteiger partial charge in [0.2, 0.25) is 0 Å². The van der Waals surface area contributed by atoms with Crippen molar-refractivity contribution in [1.29, 1.82) is 0 Å². The van der Waals surface area contributed by atoms with Gasteiger partial charge in [0, 0.05) is 11.1 Å². The molecule has 25 heavy (non-hydrogen) atoms. The second-order valence-corrected chi connectivity index (χ2v) is 5.22. The van der Waals surface area contributed by atoms with Crippen LogP contribution in [-0.4, -0.2) is 36.8 Å². The molecule has 0 heterocycles. The van der Waals surface area contributed by atoms with Gasteiger partial charge in [0.05, 0.1) is 19.9 Å². The van der Waals surface area contributed by atoms with Gasteiger partial charge in [-0.3, -0.25) is 9.59 Å². The quantitative estimate of drug-likeness (QED) is 0.549. The number of methoxy groups -OCH3 is 1. The number of carbonyl (C=O) groups excluding carboxylic acids is 2. The number of hydrazone groups is 1. The molecule has 0 fully saturated rings. The number of amides is 2. The monoisotopic (exact) mass is 341 g/mol. The van der Waals surface area contributed by atoms with Gasteiger partial charge in [-0.25, -0.2) is 5.43 Å². The molecular formula is C18H19N3O4. The molecule has 0 saturated carbocycles. The number of rotatable bonds is 6. The van der Waals surface area contributed by atoms with E-state index in [9.17, 15) is 14.7 Å². The zero-order valence-electron chi connectivity index (χ0n) is 13.9. The van der Waals surface area contributed by atoms with Crippen LogP contribution in [0.25, 0.3) is 0 Å². The molecule has 0 bridgehead atoms. The molecule has 0 aliphatic carbocycles. The molecule has 0 saturated heterocycles. The van der Waals surface area contributed by atoms with Crippen molar-refractivity contribution in [3.63, 3.8) is 0 Å². The summed E-state index contributed by atoms with van der Waals surface area (Å²) in [6, 6.07) is 11.7. The van der Waals surface area contributed by atoms with Gasteiger partial charge in [-0.1, -0.05) is 18.2 Å². The molecule has 2 aromatic rings. The van der Waals surface area contributed by atoms with E-state index in [1.54, 1.807) is 24.3 Å². The van der Waals surface area contributed by atoms with Crippen molar-refractivity contribution in [2.24, 2.45) is 5.10 Å². The Kier molecular flexibility index (Phi) is 6.11. The number of hydrogen-bond donors (Lipinski definition) is 3. The van der Waals surface area contributed by atoms with Gasteiger partial charge < -0.3 is 15.2 Å². The van der Waals surface area contributed by atoms with E-state index in [-0.39, 0.29) is 18.2 Å². The third-order valence-corrected chi connectivity index (χ3v) is 3.43. The highest BCUT2D eigenvalue weighted by molar-refractivity contribution is 5.97. The predicted octanol–water partition coefficient (Wildman–Crippen LogP) is 1.59. The summed E-state index contributed by atoms with van der Waals surface area (Å²) in [6.45, 7) is 1.61. The van der Waals surface area contributed by atoms with Crippen LogP contribution < -0.4 is 15.5 Å². The van der Waals surface area contributed by atoms with Gasteiger partial charge in [0.15, 0.2) is 0 Å². The first-order chi connectivity index (χ1) is 12.0. The predicted molar refractivity (Wildman–Crippen MR) is 93.9 cm³/mol. The molecule has 130 valence electrons. The second kappa shape index (κ2) is 8.49. The number of benzene rings is 2. The molecule has 0 atom stereocenters. The molecule has 7 heteroatoms. The van der Waals surface area contributed by atoms with Crippen LogP contribution >= 0.6 is 0 Å². The smallest absolute Gasteiger partial charge is 0.259 e. The SMILES string of the molecule is COc1ccc(O)c(/C=N/NC(=O)CNC(=O)c2ccccc2C)c1. The average molecular weight is 341 g/mol. The molecule has 7 nitrogen and oxygen atoms in total. The molecule has 3 N–H and O–H groups in total. The van der Waals surface area contributed by atoms with Gasteiger partial charge >= 0.3 is 0 Å². The Morgan fingerprint density at radius 1 is 1.24 bits per heavy atom. The summed E-state index contributed by atoms with van der Waals surface area (Å²) in [5, 5.41) is 16.0. The minimum absolute atomic E-state index is 0.00616. The van der Waals surface area contributed by atoms with Crippen molar-refractivity contribution in [1.82, 2.24) is 10.7 Å². The van der Waals surface area contributed by atoms with Gasteiger partial charge in [0.1, 0.15) is 11.5 Å². The van der Waals surface area contributed by atoms with Gasteiger partial charge in [-0.2, -0.15) is 5.10 Å². The van der Waals surface area contributed by atoms with Crippen LogP contribution in [0.3, 0.4) is 0 Å². The largest absolute Gasteiger partial charge is 0.507 e. The van der Waals surface area contributed by atoms with Crippen LogP contribution in [0.2, 0.25) is 0 Å². The Bertz CT molecular complexity index is 803. The maximum Gasteiger partial charge on any atom is 0.259 e. The van der Waals surface area contributed by atoms with Crippen molar-refractivity contribution in [2.45, 2.75) is 6.92 Å². The lowest BCUT2D eigenvalue weighted by Crippen LogP contribution is -2.35. The third kappa shape index (κ3) is 5.07. The highest BCUT2D eigenvalue weighted by Gasteiger charge is 2.09. The normalized spacial score (nSPS) is 10.5. The lowest BCUT2D eigenvalue weighted by Gasteiger charge is -2.06. The van der Waals surface area contributed by atoms with E-state index in [1.807, 2.05) is 19.1 Å². The highest BCUT2D eigenvalue weighted by atomic mass is 16.5. The van der Waals surface area contributed by atoms with Crippen molar-refractivity contribution in [2.75, 3.05) is 13.7 Å². The zero-order chi connectivity index (χ0) is 18.2. The Labute approximate surface area is 145 Å². The van der Waals surface area contributed by atoms with E-state index in [4.69, 9.17) is 4.74 Å². The van der Waals surface area contributed by atoms with Crippen LogP contribution in [0.5, 0.6) is 11.5 Å². The maximum absolute atomic E-state index is 12.0. The molecular weight excluding hydrogens is 322 g/mol. The maximum atomic E-state index is 12.0. The summed E-state index contributed by atoms with van der Waals surface area (Å²) in [4.78, 5) is 23.7. The van der Waals surface area contributed by atoms with Gasteiger partial charge in [0.25, 0.3) is 11.8 Å². The number of phenolic OH excluding ortho intramolecular Hbond substituents is 1. The number of phenols is 1. The summed E-state index contributed by atoms with van der Waals surface area (Å²) >= 11 is 0. The number of carbonyl (C=O) groups is 2. The zero-order valence-corrected chi connectivity index (χ0v) is 13.9. The van der Waals surface area contributed by atoms with E-state index in [1.165, 1.54) is 19.4 Å². The summed E-state index contributed by atoms with van der Waals surface area (Å²) in [6.07, 6.45) is 1.29. The Morgan fingerprint density at radius 2 is 2.00 bits per heavy atom. The standard InChI is InChI=1S/C18H19N3O4/c1-12-5-3-4-6-15(12)18(24)19-11-17(23)21-20-10-13-9-14(25-2)7-8-16(13)22/h3-10,22H,11H2,1-2H3,(H,19,24)(H,21,23)/b20-10+. The Morgan fingerprint density at radius 3 is 2.72 bits per heavy atom. The van der Waals surface area contributed by atoms with Gasteiger partial charge in [-0.05, 0) is 36.8 Å². The van der Waals surface area contributed by atoms with Crippen LogP contribution in [0.1, 0.15) is 21.5 Å². The Balaban J connectivity index is 1.87. The molecule has 2 rings (SSSR count). The number of aromatic hydroxyl groups is 1. The van der Waals surface area contributed by atoms with Crippen molar-refractivity contribution in [3.8, 4) is 11.5 Å². The topological polar surface area (TPSA) is 100 Å². The molecule has 0 spiro atoms. The second-order valence-electron chi connectivity index (χ2n) is 5.22. The summed E-state index contributed by atoms with van der Waals surface area (Å²) in [7, 11) is 1.51. The van der Waals surface area contributed by atoms with E-state index >= 15 is 0 Å². The Hall–Kier alpha value is -3.35. The first-order valence-electron chi connectivity index (χ1n) is 7.54. The number of hydrogen-bond acceptors (Lipinski definition) is 5. The molecule has 2 amide bonds. The van der Waals surface area contributed by atoms with Crippen molar-refractivity contribution < 1.29 is 19.4 Å². The number of nitrogens with zero attached hydrogens (tertiary/aromatic N) is 1. The minimum Gasteiger partial charge on any atom is -0.507 e. The van der Waals surface area contributed by atoms with E-state index < -0.39 is 5.91 Å². The number of aryl methyl sites for hydroxylation is 1. The third-order valence-electron chi connectivity index (χ3n) is 3.43. The summed E-state index contributed by atoms with van der Waals surface area (Å²) < 4.78 is 5.05. The fraction of sp³-hybridized carbons (Fsp3) is 0.167. The lowest BCUT2D eigenvalue weighted by atomic mass is 10.1. The molecule has 0 aliphatic rings. The molecule has 0 radical (unpaired) electrons. The average Bonchev–Trinajstić information content (AvgIpc) is 2.61. The number of nitrogens with one attached hydrogen (secondary N) is 2. The van der Waals surface area contributed by atoms with Crippen molar-refractivity contribution >= 4 is 18.0 Å². The highest BCUT2D eigenvalue weighted by Crippen LogP contribution is 2.20. The minimum atomic E-state index is -0.486. The molecule has 0 aliphatic heterocycles. The van der Waals surface area contributed by atoms with Crippen LogP contribution in [0, 0.1) is 6.92 Å². The lowest BCUT2D eigenvalue weighted by molar-refractivity contribution is -0.120. The van der Waals surface area contributed by atoms with E-state index in [0.29, 0.717) is 16.9 Å². The molecule has 0 unspecified atom stereocenters. The van der Waals surface area contributed by atoms with E-state index in [0.717, 1.165) is 5.56 Å². The summed E-state index contributed by atoms with van der Waals surface area (Å²) in [5.41, 5.74) is 4.01. The van der Waals surface area contributed by atoms with Gasteiger partial charge in [-0.15, -0.1) is 0 Å². The van der Waals surface area contributed by atoms with Crippen LogP contribution in [0.4, 0.5) is 0 Å². The van der Waals surface area contributed by atoms with Crippen molar-refractivity contribution in [3.05, 3.63) is 59.2 Å². The molecule has 2 aromatic carbocycles. The number of ether oxygens (including phenoxy) is 1. The van der Waals surface area contributed by atoms with E-state index in [2.05, 4.69) is 15.8 Å². The fourth-order valence-corrected chi connectivity index (χ4v) is 2.06. The fourth-order valence-electron chi connectivity index (χ4n) is 2.06. The first kappa shape index (κ1) is 18.0. The van der Waals surface area contributed by atoms with Crippen LogP contribution in [0.15, 0.2) is 47.6 Å². The first-order valence-corrected chi connectivity index (χ1v) is 7.54. The molecule has 0 aromatic heterocycles. The summed E-state index contributed by atoms with van der Waals surface area (Å²) in [5.74, 6) is -0.258. The van der Waals surface area contributed by atoms with Crippen LogP contribution in [-0.2, 0) is 4.79 Å².